The fourth-order valence-corrected chi connectivity index (χ4v) is 3.69. The molecule has 2 N–H and O–H groups in total. The molecule has 0 amide bonds. The molecule has 1 unspecified atom stereocenters. The van der Waals surface area contributed by atoms with Gasteiger partial charge in [-0.05, 0) is 30.2 Å². The first kappa shape index (κ1) is 25.6. The minimum atomic E-state index is -5.08. The second kappa shape index (κ2) is 10.8. The number of sulfonamides is 1. The standard InChI is InChI=1S/C17H24N4O3S.C2HF3O2/c1-24-17-5-3-14(4-6-17)11-20-12-15-7-9-18-21(15)16(13-20)8-10-19-25(2,22)23;3-2(4,5)1(6)7/h3-7,9,16,19H,8,10-13H2,1-2H3;(H,6,7). The molecule has 1 aliphatic rings. The molecule has 13 heteroatoms. The van der Waals surface area contributed by atoms with Crippen LogP contribution in [0, 0.1) is 0 Å². The van der Waals surface area contributed by atoms with E-state index in [1.807, 2.05) is 29.1 Å². The number of ether oxygens (including phenoxy) is 1. The quantitative estimate of drug-likeness (QED) is 0.626. The van der Waals surface area contributed by atoms with Gasteiger partial charge in [0, 0.05) is 32.4 Å². The molecule has 2 heterocycles. The lowest BCUT2D eigenvalue weighted by molar-refractivity contribution is -0.192. The molecule has 32 heavy (non-hydrogen) atoms. The lowest BCUT2D eigenvalue weighted by atomic mass is 10.1. The minimum Gasteiger partial charge on any atom is -0.497 e. The Balaban J connectivity index is 0.000000451. The SMILES string of the molecule is COc1ccc(CN2Cc3ccnn3C(CCNS(C)(=O)=O)C2)cc1.O=C(O)C(F)(F)F. The molecule has 0 saturated carbocycles. The number of nitrogens with zero attached hydrogens (tertiary/aromatic N) is 3. The van der Waals surface area contributed by atoms with Crippen molar-refractivity contribution in [2.45, 2.75) is 31.7 Å². The second-order valence-corrected chi connectivity index (χ2v) is 9.03. The number of alkyl halides is 3. The van der Waals surface area contributed by atoms with Crippen LogP contribution in [0.15, 0.2) is 36.5 Å². The highest BCUT2D eigenvalue weighted by Crippen LogP contribution is 2.24. The highest BCUT2D eigenvalue weighted by molar-refractivity contribution is 7.88. The topological polar surface area (TPSA) is 114 Å². The predicted molar refractivity (Wildman–Crippen MR) is 110 cm³/mol. The third-order valence-corrected chi connectivity index (χ3v) is 5.33. The molecule has 1 aromatic heterocycles. The smallest absolute Gasteiger partial charge is 0.490 e. The number of hydrogen-bond acceptors (Lipinski definition) is 6. The van der Waals surface area contributed by atoms with E-state index in [0.717, 1.165) is 31.1 Å². The largest absolute Gasteiger partial charge is 0.497 e. The van der Waals surface area contributed by atoms with Gasteiger partial charge in [-0.25, -0.2) is 17.9 Å². The number of aromatic nitrogens is 2. The molecule has 0 aliphatic carbocycles. The van der Waals surface area contributed by atoms with Crippen LogP contribution in [0.4, 0.5) is 13.2 Å². The summed E-state index contributed by atoms with van der Waals surface area (Å²) in [6, 6.07) is 10.3. The maximum absolute atomic E-state index is 11.3. The molecule has 1 aliphatic heterocycles. The molecular weight excluding hydrogens is 453 g/mol. The number of carboxylic acids is 1. The van der Waals surface area contributed by atoms with Crippen molar-refractivity contribution in [1.82, 2.24) is 19.4 Å². The third kappa shape index (κ3) is 8.13. The highest BCUT2D eigenvalue weighted by Gasteiger charge is 2.38. The molecule has 0 spiro atoms. The second-order valence-electron chi connectivity index (χ2n) is 7.20. The maximum Gasteiger partial charge on any atom is 0.490 e. The van der Waals surface area contributed by atoms with E-state index in [-0.39, 0.29) is 6.04 Å². The zero-order valence-electron chi connectivity index (χ0n) is 17.5. The Morgan fingerprint density at radius 1 is 1.28 bits per heavy atom. The van der Waals surface area contributed by atoms with Crippen LogP contribution < -0.4 is 9.46 Å². The van der Waals surface area contributed by atoms with Crippen molar-refractivity contribution in [1.29, 1.82) is 0 Å². The average molecular weight is 478 g/mol. The highest BCUT2D eigenvalue weighted by atomic mass is 32.2. The number of carbonyl (C=O) groups is 1. The van der Waals surface area contributed by atoms with E-state index in [9.17, 15) is 21.6 Å². The monoisotopic (exact) mass is 478 g/mol. The number of hydrogen-bond donors (Lipinski definition) is 2. The maximum atomic E-state index is 11.3. The van der Waals surface area contributed by atoms with Crippen molar-refractivity contribution in [3.63, 3.8) is 0 Å². The van der Waals surface area contributed by atoms with Crippen molar-refractivity contribution in [3.05, 3.63) is 47.8 Å². The van der Waals surface area contributed by atoms with Gasteiger partial charge in [0.05, 0.1) is 25.1 Å². The van der Waals surface area contributed by atoms with Crippen LogP contribution in [0.25, 0.3) is 0 Å². The van der Waals surface area contributed by atoms with Crippen molar-refractivity contribution in [3.8, 4) is 5.75 Å². The van der Waals surface area contributed by atoms with E-state index in [2.05, 4.69) is 26.9 Å². The van der Waals surface area contributed by atoms with Gasteiger partial charge in [-0.2, -0.15) is 18.3 Å². The Morgan fingerprint density at radius 2 is 1.91 bits per heavy atom. The molecular formula is C19H25F3N4O5S. The Hall–Kier alpha value is -2.64. The molecule has 0 saturated heterocycles. The van der Waals surface area contributed by atoms with Crippen LogP contribution in [-0.4, -0.2) is 66.8 Å². The summed E-state index contributed by atoms with van der Waals surface area (Å²) in [5, 5.41) is 11.5. The zero-order valence-corrected chi connectivity index (χ0v) is 18.4. The molecule has 0 radical (unpaired) electrons. The van der Waals surface area contributed by atoms with Gasteiger partial charge in [0.1, 0.15) is 5.75 Å². The lowest BCUT2D eigenvalue weighted by Gasteiger charge is -2.34. The van der Waals surface area contributed by atoms with Gasteiger partial charge in [0.2, 0.25) is 10.0 Å². The van der Waals surface area contributed by atoms with Gasteiger partial charge in [0.25, 0.3) is 0 Å². The number of nitrogens with one attached hydrogen (secondary N) is 1. The number of fused-ring (bicyclic) bond motifs is 1. The first-order chi connectivity index (χ1) is 14.9. The van der Waals surface area contributed by atoms with Crippen LogP contribution in [0.1, 0.15) is 23.7 Å². The van der Waals surface area contributed by atoms with Crippen molar-refractivity contribution in [2.75, 3.05) is 26.5 Å². The van der Waals surface area contributed by atoms with E-state index in [0.29, 0.717) is 13.0 Å². The van der Waals surface area contributed by atoms with Gasteiger partial charge in [-0.15, -0.1) is 0 Å². The number of benzene rings is 1. The minimum absolute atomic E-state index is 0.159. The van der Waals surface area contributed by atoms with Gasteiger partial charge >= 0.3 is 12.1 Å². The summed E-state index contributed by atoms with van der Waals surface area (Å²) in [4.78, 5) is 11.3. The Bertz CT molecular complexity index is 993. The van der Waals surface area contributed by atoms with Crippen molar-refractivity contribution >= 4 is 16.0 Å². The van der Waals surface area contributed by atoms with E-state index in [4.69, 9.17) is 14.6 Å². The molecule has 9 nitrogen and oxygen atoms in total. The Morgan fingerprint density at radius 3 is 2.44 bits per heavy atom. The lowest BCUT2D eigenvalue weighted by Crippen LogP contribution is -2.38. The Labute approximate surface area is 183 Å². The summed E-state index contributed by atoms with van der Waals surface area (Å²) in [5.74, 6) is -1.90. The number of carboxylic acid groups (broad SMARTS) is 1. The number of aliphatic carboxylic acids is 1. The first-order valence-corrected chi connectivity index (χ1v) is 11.4. The fourth-order valence-electron chi connectivity index (χ4n) is 3.20. The van der Waals surface area contributed by atoms with Crippen LogP contribution >= 0.6 is 0 Å². The van der Waals surface area contributed by atoms with Crippen molar-refractivity contribution in [2.24, 2.45) is 0 Å². The van der Waals surface area contributed by atoms with E-state index in [1.165, 1.54) is 11.8 Å². The molecule has 0 fully saturated rings. The van der Waals surface area contributed by atoms with Crippen LogP contribution in [-0.2, 0) is 27.9 Å². The average Bonchev–Trinajstić information content (AvgIpc) is 3.16. The normalized spacial score (nSPS) is 16.6. The summed E-state index contributed by atoms with van der Waals surface area (Å²) in [6.45, 7) is 2.93. The van der Waals surface area contributed by atoms with E-state index >= 15 is 0 Å². The molecule has 3 rings (SSSR count). The van der Waals surface area contributed by atoms with Gasteiger partial charge in [0.15, 0.2) is 0 Å². The molecule has 1 aromatic carbocycles. The number of methoxy groups -OCH3 is 1. The molecule has 0 bridgehead atoms. The molecule has 1 atom stereocenters. The molecule has 2 aromatic rings. The van der Waals surface area contributed by atoms with Gasteiger partial charge < -0.3 is 9.84 Å². The Kier molecular flexibility index (Phi) is 8.64. The van der Waals surface area contributed by atoms with Crippen LogP contribution in [0.5, 0.6) is 5.75 Å². The van der Waals surface area contributed by atoms with Crippen LogP contribution in [0.2, 0.25) is 0 Å². The first-order valence-electron chi connectivity index (χ1n) is 9.51. The zero-order chi connectivity index (χ0) is 23.9. The van der Waals surface area contributed by atoms with Crippen molar-refractivity contribution < 1.29 is 36.2 Å². The van der Waals surface area contributed by atoms with Gasteiger partial charge in [-0.3, -0.25) is 9.58 Å². The summed E-state index contributed by atoms with van der Waals surface area (Å²) in [5.41, 5.74) is 2.38. The predicted octanol–water partition coefficient (Wildman–Crippen LogP) is 2.02. The summed E-state index contributed by atoms with van der Waals surface area (Å²) in [6.07, 6.45) is -1.38. The van der Waals surface area contributed by atoms with Crippen LogP contribution in [0.3, 0.4) is 0 Å². The van der Waals surface area contributed by atoms with Gasteiger partial charge in [-0.1, -0.05) is 12.1 Å². The summed E-state index contributed by atoms with van der Waals surface area (Å²) < 4.78 is 64.1. The fraction of sp³-hybridized carbons (Fsp3) is 0.474. The van der Waals surface area contributed by atoms with E-state index < -0.39 is 22.2 Å². The molecule has 178 valence electrons. The summed E-state index contributed by atoms with van der Waals surface area (Å²) in [7, 11) is -1.50. The number of rotatable bonds is 7. The summed E-state index contributed by atoms with van der Waals surface area (Å²) >= 11 is 0. The van der Waals surface area contributed by atoms with E-state index in [1.54, 1.807) is 7.11 Å². The number of halogens is 3. The third-order valence-electron chi connectivity index (χ3n) is 4.60.